The van der Waals surface area contributed by atoms with Crippen LogP contribution in [0.15, 0.2) is 84.6 Å². The second-order valence-electron chi connectivity index (χ2n) is 8.36. The van der Waals surface area contributed by atoms with Crippen LogP contribution in [-0.4, -0.2) is 34.5 Å². The van der Waals surface area contributed by atoms with Crippen molar-refractivity contribution in [2.24, 2.45) is 11.8 Å². The summed E-state index contributed by atoms with van der Waals surface area (Å²) in [5.74, 6) is -0.0656. The summed E-state index contributed by atoms with van der Waals surface area (Å²) < 4.78 is 5.55. The normalized spacial score (nSPS) is 35.0. The van der Waals surface area contributed by atoms with Gasteiger partial charge in [-0.2, -0.15) is 0 Å². The number of esters is 1. The zero-order valence-corrected chi connectivity index (χ0v) is 19.9. The van der Waals surface area contributed by atoms with Crippen LogP contribution in [0.25, 0.3) is 0 Å². The maximum Gasteiger partial charge on any atom is 0.331 e. The van der Waals surface area contributed by atoms with Crippen molar-refractivity contribution in [1.29, 1.82) is 0 Å². The van der Waals surface area contributed by atoms with Crippen molar-refractivity contribution >= 4 is 5.97 Å². The standard InChI is InChI=1S/C28H40O4/c1-5-6-17-26-18-9-7-8-16-25(29)21-27(30)24(4)15-11-14-22(2)12-10-13-23(3)19-20-28(31)32-26/h6-13,15-17,19-20,22,24-27,29-30H,5,14,18,21H2,1-4H3/b9-7-,12-10-,15-11-,16-8?,17-6+,20-19-,23-13-/t22-,24-,25-,26-,27+/m0/s1. The van der Waals surface area contributed by atoms with Crippen molar-refractivity contribution in [2.75, 3.05) is 0 Å². The number of aliphatic hydroxyl groups is 2. The molecule has 1 rings (SSSR count). The smallest absolute Gasteiger partial charge is 0.331 e. The topological polar surface area (TPSA) is 66.8 Å². The highest BCUT2D eigenvalue weighted by molar-refractivity contribution is 5.82. The largest absolute Gasteiger partial charge is 0.455 e. The molecule has 1 aliphatic rings. The number of hydrogen-bond donors (Lipinski definition) is 2. The molecule has 0 unspecified atom stereocenters. The number of rotatable bonds is 2. The SMILES string of the molecule is CC/C=C/[C@H]1C/C=C\C=C[C@H](O)C[C@@H](O)[C@@H](C)/C=C\C[C@@H](C)\C=C/C=C(C)\C=C/C(=O)O1. The third-order valence-electron chi connectivity index (χ3n) is 5.12. The Bertz CT molecular complexity index is 751. The van der Waals surface area contributed by atoms with E-state index in [0.717, 1.165) is 18.4 Å². The third-order valence-corrected chi connectivity index (χ3v) is 5.12. The highest BCUT2D eigenvalue weighted by Crippen LogP contribution is 2.14. The summed E-state index contributed by atoms with van der Waals surface area (Å²) in [6, 6.07) is 0. The summed E-state index contributed by atoms with van der Waals surface area (Å²) >= 11 is 0. The van der Waals surface area contributed by atoms with Gasteiger partial charge in [-0.25, -0.2) is 4.79 Å². The first-order valence-corrected chi connectivity index (χ1v) is 11.6. The van der Waals surface area contributed by atoms with Crippen molar-refractivity contribution in [2.45, 2.75) is 71.7 Å². The van der Waals surface area contributed by atoms with E-state index in [1.54, 1.807) is 18.2 Å². The average Bonchev–Trinajstić information content (AvgIpc) is 2.74. The highest BCUT2D eigenvalue weighted by Gasteiger charge is 2.14. The summed E-state index contributed by atoms with van der Waals surface area (Å²) in [5.41, 5.74) is 0.962. The van der Waals surface area contributed by atoms with E-state index in [9.17, 15) is 15.0 Å². The predicted molar refractivity (Wildman–Crippen MR) is 133 cm³/mol. The number of carbonyl (C=O) groups excluding carboxylic acids is 1. The highest BCUT2D eigenvalue weighted by atomic mass is 16.5. The molecular formula is C28H40O4. The van der Waals surface area contributed by atoms with Crippen molar-refractivity contribution in [1.82, 2.24) is 0 Å². The maximum absolute atomic E-state index is 12.2. The fourth-order valence-corrected chi connectivity index (χ4v) is 3.03. The van der Waals surface area contributed by atoms with Gasteiger partial charge in [-0.15, -0.1) is 0 Å². The molecule has 4 nitrogen and oxygen atoms in total. The van der Waals surface area contributed by atoms with Gasteiger partial charge in [-0.05, 0) is 31.8 Å². The quantitative estimate of drug-likeness (QED) is 0.423. The molecular weight excluding hydrogens is 400 g/mol. The molecule has 0 fully saturated rings. The Labute approximate surface area is 194 Å². The number of allylic oxidation sites excluding steroid dienone is 9. The molecule has 0 aliphatic carbocycles. The lowest BCUT2D eigenvalue weighted by Crippen LogP contribution is -2.21. The van der Waals surface area contributed by atoms with E-state index in [0.29, 0.717) is 12.3 Å². The number of carbonyl (C=O) groups is 1. The van der Waals surface area contributed by atoms with E-state index in [1.165, 1.54) is 6.08 Å². The van der Waals surface area contributed by atoms with E-state index in [-0.39, 0.29) is 24.4 Å². The Morgan fingerprint density at radius 3 is 2.56 bits per heavy atom. The first kappa shape index (κ1) is 27.6. The molecule has 32 heavy (non-hydrogen) atoms. The molecule has 1 heterocycles. The Balaban J connectivity index is 2.99. The Morgan fingerprint density at radius 2 is 1.81 bits per heavy atom. The Morgan fingerprint density at radius 1 is 1.03 bits per heavy atom. The molecule has 1 aliphatic heterocycles. The zero-order valence-electron chi connectivity index (χ0n) is 19.9. The van der Waals surface area contributed by atoms with Crippen LogP contribution in [0.5, 0.6) is 0 Å². The maximum atomic E-state index is 12.2. The molecule has 2 N–H and O–H groups in total. The number of cyclic esters (lactones) is 1. The minimum atomic E-state index is -0.723. The molecule has 0 saturated carbocycles. The molecule has 0 aromatic rings. The van der Waals surface area contributed by atoms with Crippen LogP contribution < -0.4 is 0 Å². The van der Waals surface area contributed by atoms with E-state index in [4.69, 9.17) is 4.74 Å². The average molecular weight is 441 g/mol. The summed E-state index contributed by atoms with van der Waals surface area (Å²) in [7, 11) is 0. The second kappa shape index (κ2) is 16.2. The minimum Gasteiger partial charge on any atom is -0.455 e. The van der Waals surface area contributed by atoms with Crippen LogP contribution >= 0.6 is 0 Å². The second-order valence-corrected chi connectivity index (χ2v) is 8.36. The van der Waals surface area contributed by atoms with Crippen LogP contribution in [-0.2, 0) is 9.53 Å². The first-order valence-electron chi connectivity index (χ1n) is 11.6. The van der Waals surface area contributed by atoms with Crippen molar-refractivity contribution in [3.63, 3.8) is 0 Å². The summed E-state index contributed by atoms with van der Waals surface area (Å²) in [4.78, 5) is 12.2. The lowest BCUT2D eigenvalue weighted by Gasteiger charge is -2.17. The number of hydrogen-bond acceptors (Lipinski definition) is 4. The molecule has 0 aromatic heterocycles. The van der Waals surface area contributed by atoms with Gasteiger partial charge in [0, 0.05) is 24.8 Å². The van der Waals surface area contributed by atoms with Gasteiger partial charge in [-0.3, -0.25) is 0 Å². The Hall–Kier alpha value is -2.43. The molecule has 0 radical (unpaired) electrons. The number of ether oxygens (including phenoxy) is 1. The van der Waals surface area contributed by atoms with Gasteiger partial charge in [0.2, 0.25) is 0 Å². The summed E-state index contributed by atoms with van der Waals surface area (Å²) in [5, 5.41) is 20.5. The van der Waals surface area contributed by atoms with Crippen LogP contribution in [0.2, 0.25) is 0 Å². The predicted octanol–water partition coefficient (Wildman–Crippen LogP) is 5.77. The molecule has 176 valence electrons. The molecule has 0 aromatic carbocycles. The van der Waals surface area contributed by atoms with E-state index in [2.05, 4.69) is 19.1 Å². The molecule has 0 spiro atoms. The van der Waals surface area contributed by atoms with Crippen LogP contribution in [0.4, 0.5) is 0 Å². The van der Waals surface area contributed by atoms with Crippen molar-refractivity contribution in [3.05, 3.63) is 84.6 Å². The molecule has 0 saturated heterocycles. The molecule has 5 atom stereocenters. The van der Waals surface area contributed by atoms with Gasteiger partial charge in [0.25, 0.3) is 0 Å². The van der Waals surface area contributed by atoms with Gasteiger partial charge in [0.15, 0.2) is 0 Å². The van der Waals surface area contributed by atoms with Crippen molar-refractivity contribution in [3.8, 4) is 0 Å². The van der Waals surface area contributed by atoms with Gasteiger partial charge in [0.05, 0.1) is 12.2 Å². The van der Waals surface area contributed by atoms with Gasteiger partial charge in [0.1, 0.15) is 6.10 Å². The summed E-state index contributed by atoms with van der Waals surface area (Å²) in [6.07, 6.45) is 25.2. The van der Waals surface area contributed by atoms with Crippen LogP contribution in [0.1, 0.15) is 53.4 Å². The van der Waals surface area contributed by atoms with E-state index in [1.807, 2.05) is 63.3 Å². The number of aliphatic hydroxyl groups excluding tert-OH is 2. The van der Waals surface area contributed by atoms with Gasteiger partial charge < -0.3 is 14.9 Å². The molecule has 0 amide bonds. The molecule has 0 bridgehead atoms. The fraction of sp³-hybridized carbons (Fsp3) is 0.464. The monoisotopic (exact) mass is 440 g/mol. The third kappa shape index (κ3) is 13.1. The lowest BCUT2D eigenvalue weighted by atomic mass is 9.97. The van der Waals surface area contributed by atoms with Crippen LogP contribution in [0, 0.1) is 11.8 Å². The summed E-state index contributed by atoms with van der Waals surface area (Å²) in [6.45, 7) is 8.06. The van der Waals surface area contributed by atoms with Crippen LogP contribution in [0.3, 0.4) is 0 Å². The lowest BCUT2D eigenvalue weighted by molar-refractivity contribution is -0.140. The minimum absolute atomic E-state index is 0.0318. The van der Waals surface area contributed by atoms with Gasteiger partial charge in [-0.1, -0.05) is 93.2 Å². The Kier molecular flexibility index (Phi) is 14.0. The van der Waals surface area contributed by atoms with E-state index >= 15 is 0 Å². The van der Waals surface area contributed by atoms with Gasteiger partial charge >= 0.3 is 5.97 Å². The zero-order chi connectivity index (χ0) is 23.8. The first-order chi connectivity index (χ1) is 15.3. The molecule has 4 heteroatoms. The van der Waals surface area contributed by atoms with E-state index < -0.39 is 12.2 Å². The fourth-order valence-electron chi connectivity index (χ4n) is 3.03. The van der Waals surface area contributed by atoms with Crippen molar-refractivity contribution < 1.29 is 19.7 Å².